The molecule has 0 radical (unpaired) electrons. The zero-order valence-electron chi connectivity index (χ0n) is 10.4. The largest absolute Gasteiger partial charge is 0.337 e. The van der Waals surface area contributed by atoms with E-state index >= 15 is 0 Å². The predicted molar refractivity (Wildman–Crippen MR) is 73.6 cm³/mol. The smallest absolute Gasteiger partial charge is 0.253 e. The van der Waals surface area contributed by atoms with Crippen LogP contribution in [0.25, 0.3) is 0 Å². The topological polar surface area (TPSA) is 44.1 Å². The number of thioether (sulfide) groups is 1. The summed E-state index contributed by atoms with van der Waals surface area (Å²) in [6, 6.07) is 8.94. The van der Waals surface area contributed by atoms with Crippen molar-refractivity contribution >= 4 is 17.7 Å². The Morgan fingerprint density at radius 3 is 2.83 bits per heavy atom. The van der Waals surface area contributed by atoms with Crippen molar-refractivity contribution in [2.45, 2.75) is 18.6 Å². The van der Waals surface area contributed by atoms with E-state index in [4.69, 9.17) is 5.26 Å². The van der Waals surface area contributed by atoms with Crippen LogP contribution < -0.4 is 0 Å². The van der Waals surface area contributed by atoms with Crippen LogP contribution in [0.15, 0.2) is 24.3 Å². The second-order valence-electron chi connectivity index (χ2n) is 4.34. The van der Waals surface area contributed by atoms with Gasteiger partial charge in [-0.05, 0) is 30.7 Å². The minimum atomic E-state index is 0.0817. The van der Waals surface area contributed by atoms with Crippen LogP contribution in [-0.4, -0.2) is 34.9 Å². The molecule has 1 amide bonds. The molecule has 1 aliphatic heterocycles. The maximum atomic E-state index is 12.3. The van der Waals surface area contributed by atoms with Crippen LogP contribution in [0.4, 0.5) is 0 Å². The van der Waals surface area contributed by atoms with Crippen molar-refractivity contribution in [2.75, 3.05) is 18.8 Å². The molecule has 1 aliphatic rings. The number of carbonyl (C=O) groups is 1. The molecular formula is C14H16N2OS. The van der Waals surface area contributed by atoms with Crippen LogP contribution in [-0.2, 0) is 0 Å². The SMILES string of the molecule is CCC1CN(C(=O)c2ccc(C#N)cc2)CCS1. The van der Waals surface area contributed by atoms with Crippen LogP contribution in [0.3, 0.4) is 0 Å². The Bertz CT molecular complexity index is 464. The lowest BCUT2D eigenvalue weighted by molar-refractivity contribution is 0.0761. The van der Waals surface area contributed by atoms with Crippen molar-refractivity contribution in [1.82, 2.24) is 4.90 Å². The average molecular weight is 260 g/mol. The molecule has 1 fully saturated rings. The maximum Gasteiger partial charge on any atom is 0.253 e. The minimum absolute atomic E-state index is 0.0817. The summed E-state index contributed by atoms with van der Waals surface area (Å²) in [6.45, 7) is 3.81. The highest BCUT2D eigenvalue weighted by atomic mass is 32.2. The Morgan fingerprint density at radius 1 is 1.50 bits per heavy atom. The number of nitrogens with zero attached hydrogens (tertiary/aromatic N) is 2. The zero-order chi connectivity index (χ0) is 13.0. The summed E-state index contributed by atoms with van der Waals surface area (Å²) < 4.78 is 0. The number of benzene rings is 1. The molecule has 0 aromatic heterocycles. The van der Waals surface area contributed by atoms with Crippen LogP contribution in [0.1, 0.15) is 29.3 Å². The van der Waals surface area contributed by atoms with Crippen LogP contribution in [0, 0.1) is 11.3 Å². The van der Waals surface area contributed by atoms with Crippen LogP contribution >= 0.6 is 11.8 Å². The van der Waals surface area contributed by atoms with E-state index in [-0.39, 0.29) is 5.91 Å². The van der Waals surface area contributed by atoms with Crippen molar-refractivity contribution in [3.8, 4) is 6.07 Å². The third kappa shape index (κ3) is 2.85. The summed E-state index contributed by atoms with van der Waals surface area (Å²) in [6.07, 6.45) is 1.10. The van der Waals surface area contributed by atoms with Gasteiger partial charge in [0.2, 0.25) is 0 Å². The summed E-state index contributed by atoms with van der Waals surface area (Å²) in [5.74, 6) is 1.10. The first-order valence-corrected chi connectivity index (χ1v) is 7.20. The molecule has 1 aromatic rings. The number of nitriles is 1. The molecule has 18 heavy (non-hydrogen) atoms. The van der Waals surface area contributed by atoms with E-state index < -0.39 is 0 Å². The van der Waals surface area contributed by atoms with Crippen molar-refractivity contribution in [2.24, 2.45) is 0 Å². The van der Waals surface area contributed by atoms with Gasteiger partial charge in [-0.1, -0.05) is 6.92 Å². The van der Waals surface area contributed by atoms with E-state index in [9.17, 15) is 4.79 Å². The van der Waals surface area contributed by atoms with Crippen molar-refractivity contribution in [3.63, 3.8) is 0 Å². The van der Waals surface area contributed by atoms with Gasteiger partial charge in [0.25, 0.3) is 5.91 Å². The van der Waals surface area contributed by atoms with Gasteiger partial charge in [-0.3, -0.25) is 4.79 Å². The third-order valence-corrected chi connectivity index (χ3v) is 4.51. The monoisotopic (exact) mass is 260 g/mol. The number of amides is 1. The quantitative estimate of drug-likeness (QED) is 0.820. The Morgan fingerprint density at radius 2 is 2.22 bits per heavy atom. The lowest BCUT2D eigenvalue weighted by Crippen LogP contribution is -2.41. The fraction of sp³-hybridized carbons (Fsp3) is 0.429. The Labute approximate surface area is 112 Å². The molecule has 1 aromatic carbocycles. The molecule has 0 N–H and O–H groups in total. The highest BCUT2D eigenvalue weighted by molar-refractivity contribution is 8.00. The first kappa shape index (κ1) is 13.0. The van der Waals surface area contributed by atoms with Gasteiger partial charge in [-0.2, -0.15) is 17.0 Å². The van der Waals surface area contributed by atoms with E-state index in [1.54, 1.807) is 24.3 Å². The summed E-state index contributed by atoms with van der Waals surface area (Å²) in [5, 5.41) is 9.29. The van der Waals surface area contributed by atoms with Crippen LogP contribution in [0.5, 0.6) is 0 Å². The number of hydrogen-bond donors (Lipinski definition) is 0. The van der Waals surface area contributed by atoms with Gasteiger partial charge in [0.1, 0.15) is 0 Å². The standard InChI is InChI=1S/C14H16N2OS/c1-2-13-10-16(7-8-18-13)14(17)12-5-3-11(9-15)4-6-12/h3-6,13H,2,7-8,10H2,1H3. The second-order valence-corrected chi connectivity index (χ2v) is 5.75. The summed E-state index contributed by atoms with van der Waals surface area (Å²) in [4.78, 5) is 14.2. The molecule has 0 saturated carbocycles. The van der Waals surface area contributed by atoms with E-state index in [2.05, 4.69) is 13.0 Å². The zero-order valence-corrected chi connectivity index (χ0v) is 11.2. The minimum Gasteiger partial charge on any atom is -0.337 e. The Hall–Kier alpha value is -1.47. The number of hydrogen-bond acceptors (Lipinski definition) is 3. The number of carbonyl (C=O) groups excluding carboxylic acids is 1. The summed E-state index contributed by atoms with van der Waals surface area (Å²) in [5.41, 5.74) is 1.27. The van der Waals surface area contributed by atoms with Crippen LogP contribution in [0.2, 0.25) is 0 Å². The molecule has 4 heteroatoms. The lowest BCUT2D eigenvalue weighted by Gasteiger charge is -2.32. The van der Waals surface area contributed by atoms with Gasteiger partial charge < -0.3 is 4.90 Å². The van der Waals surface area contributed by atoms with E-state index in [1.807, 2.05) is 16.7 Å². The fourth-order valence-electron chi connectivity index (χ4n) is 2.02. The maximum absolute atomic E-state index is 12.3. The van der Waals surface area contributed by atoms with Crippen molar-refractivity contribution < 1.29 is 4.79 Å². The van der Waals surface area contributed by atoms with Gasteiger partial charge >= 0.3 is 0 Å². The normalized spacial score (nSPS) is 19.3. The van der Waals surface area contributed by atoms with E-state index in [1.165, 1.54) is 0 Å². The molecule has 94 valence electrons. The first-order chi connectivity index (χ1) is 8.74. The second kappa shape index (κ2) is 5.92. The highest BCUT2D eigenvalue weighted by Crippen LogP contribution is 2.22. The van der Waals surface area contributed by atoms with Crippen molar-refractivity contribution in [3.05, 3.63) is 35.4 Å². The predicted octanol–water partition coefficient (Wildman–Crippen LogP) is 2.53. The molecule has 1 atom stereocenters. The van der Waals surface area contributed by atoms with Gasteiger partial charge in [0.15, 0.2) is 0 Å². The summed E-state index contributed by atoms with van der Waals surface area (Å²) >= 11 is 1.95. The molecule has 1 saturated heterocycles. The average Bonchev–Trinajstić information content (AvgIpc) is 2.46. The number of rotatable bonds is 2. The molecule has 1 heterocycles. The van der Waals surface area contributed by atoms with Gasteiger partial charge in [0.05, 0.1) is 11.6 Å². The molecule has 3 nitrogen and oxygen atoms in total. The van der Waals surface area contributed by atoms with Gasteiger partial charge in [0, 0.05) is 29.7 Å². The lowest BCUT2D eigenvalue weighted by atomic mass is 10.1. The molecule has 0 aliphatic carbocycles. The fourth-order valence-corrected chi connectivity index (χ4v) is 3.20. The molecule has 0 spiro atoms. The van der Waals surface area contributed by atoms with E-state index in [0.29, 0.717) is 16.4 Å². The van der Waals surface area contributed by atoms with E-state index in [0.717, 1.165) is 25.3 Å². The van der Waals surface area contributed by atoms with Gasteiger partial charge in [-0.25, -0.2) is 0 Å². The molecule has 1 unspecified atom stereocenters. The molecular weight excluding hydrogens is 244 g/mol. The molecule has 0 bridgehead atoms. The Balaban J connectivity index is 2.08. The third-order valence-electron chi connectivity index (χ3n) is 3.14. The first-order valence-electron chi connectivity index (χ1n) is 6.15. The molecule has 2 rings (SSSR count). The highest BCUT2D eigenvalue weighted by Gasteiger charge is 2.23. The van der Waals surface area contributed by atoms with Crippen molar-refractivity contribution in [1.29, 1.82) is 5.26 Å². The summed E-state index contributed by atoms with van der Waals surface area (Å²) in [7, 11) is 0. The van der Waals surface area contributed by atoms with Gasteiger partial charge in [-0.15, -0.1) is 0 Å². The Kier molecular flexibility index (Phi) is 4.27.